The van der Waals surface area contributed by atoms with E-state index in [4.69, 9.17) is 25.9 Å². The summed E-state index contributed by atoms with van der Waals surface area (Å²) in [5.74, 6) is 4.76. The maximum absolute atomic E-state index is 12.6. The molecule has 1 aromatic heterocycles. The molecule has 2 saturated heterocycles. The normalized spacial score (nSPS) is 18.6. The number of terminal acetylenes is 1. The lowest BCUT2D eigenvalue weighted by molar-refractivity contribution is 0.0206. The molecule has 8 nitrogen and oxygen atoms in total. The molecule has 4 rings (SSSR count). The van der Waals surface area contributed by atoms with E-state index in [0.29, 0.717) is 13.1 Å². The number of fused-ring (bicyclic) bond motifs is 1. The minimum Gasteiger partial charge on any atom is -0.481 e. The molecule has 0 radical (unpaired) electrons. The number of aromatic nitrogens is 2. The number of rotatable bonds is 5. The zero-order valence-electron chi connectivity index (χ0n) is 20.7. The van der Waals surface area contributed by atoms with Gasteiger partial charge in [0.2, 0.25) is 5.95 Å². The molecule has 2 aliphatic heterocycles. The van der Waals surface area contributed by atoms with Crippen molar-refractivity contribution in [2.45, 2.75) is 65.0 Å². The molecule has 34 heavy (non-hydrogen) atoms. The molecule has 2 aliphatic rings. The Kier molecular flexibility index (Phi) is 7.01. The molecule has 1 amide bonds. The van der Waals surface area contributed by atoms with Gasteiger partial charge >= 0.3 is 6.09 Å². The van der Waals surface area contributed by atoms with Crippen molar-refractivity contribution in [1.82, 2.24) is 14.9 Å². The Balaban J connectivity index is 1.63. The van der Waals surface area contributed by atoms with Crippen LogP contribution in [-0.2, 0) is 4.74 Å². The van der Waals surface area contributed by atoms with E-state index < -0.39 is 5.60 Å². The molecule has 0 saturated carbocycles. The maximum Gasteiger partial charge on any atom is 0.410 e. The fourth-order valence-electron chi connectivity index (χ4n) is 4.48. The third-order valence-electron chi connectivity index (χ3n) is 6.09. The zero-order chi connectivity index (χ0) is 24.3. The topological polar surface area (TPSA) is 79.8 Å². The van der Waals surface area contributed by atoms with Crippen LogP contribution in [0.2, 0.25) is 0 Å². The second-order valence-corrected chi connectivity index (χ2v) is 10.1. The Labute approximate surface area is 202 Å². The van der Waals surface area contributed by atoms with Crippen LogP contribution in [0.15, 0.2) is 12.1 Å². The first-order chi connectivity index (χ1) is 16.2. The monoisotopic (exact) mass is 465 g/mol. The van der Waals surface area contributed by atoms with Gasteiger partial charge in [-0.3, -0.25) is 0 Å². The van der Waals surface area contributed by atoms with E-state index >= 15 is 0 Å². The van der Waals surface area contributed by atoms with Crippen molar-refractivity contribution in [3.8, 4) is 18.1 Å². The second kappa shape index (κ2) is 9.96. The van der Waals surface area contributed by atoms with Crippen LogP contribution in [0.1, 0.15) is 52.0 Å². The minimum absolute atomic E-state index is 0.0727. The average Bonchev–Trinajstić information content (AvgIpc) is 3.32. The molecule has 8 heteroatoms. The molecule has 182 valence electrons. The number of aryl methyl sites for hydroxylation is 1. The van der Waals surface area contributed by atoms with E-state index in [1.165, 1.54) is 0 Å². The molecule has 0 spiro atoms. The Morgan fingerprint density at radius 2 is 1.97 bits per heavy atom. The lowest BCUT2D eigenvalue weighted by Crippen LogP contribution is -2.47. The molecular weight excluding hydrogens is 430 g/mol. The number of nitrogens with zero attached hydrogens (tertiary/aromatic N) is 4. The zero-order valence-corrected chi connectivity index (χ0v) is 20.7. The van der Waals surface area contributed by atoms with Crippen LogP contribution in [0.3, 0.4) is 0 Å². The fraction of sp³-hybridized carbons (Fsp3) is 0.577. The lowest BCUT2D eigenvalue weighted by Gasteiger charge is -2.34. The molecule has 1 aromatic carbocycles. The van der Waals surface area contributed by atoms with Gasteiger partial charge in [-0.15, -0.1) is 6.42 Å². The summed E-state index contributed by atoms with van der Waals surface area (Å²) in [6.07, 6.45) is 9.26. The number of carbonyl (C=O) groups is 1. The number of benzene rings is 1. The average molecular weight is 466 g/mol. The van der Waals surface area contributed by atoms with Crippen LogP contribution < -0.4 is 15.0 Å². The molecule has 3 heterocycles. The molecule has 0 bridgehead atoms. The van der Waals surface area contributed by atoms with E-state index in [1.807, 2.05) is 39.8 Å². The molecule has 1 N–H and O–H groups in total. The first-order valence-corrected chi connectivity index (χ1v) is 12.1. The molecular formula is C26H35N5O3. The Morgan fingerprint density at radius 3 is 2.68 bits per heavy atom. The first kappa shape index (κ1) is 23.9. The third kappa shape index (κ3) is 5.64. The van der Waals surface area contributed by atoms with Crippen molar-refractivity contribution < 1.29 is 14.3 Å². The van der Waals surface area contributed by atoms with Crippen LogP contribution in [0, 0.1) is 19.3 Å². The van der Waals surface area contributed by atoms with Gasteiger partial charge in [0.15, 0.2) is 0 Å². The molecule has 1 atom stereocenters. The predicted molar refractivity (Wildman–Crippen MR) is 135 cm³/mol. The highest BCUT2D eigenvalue weighted by atomic mass is 16.6. The van der Waals surface area contributed by atoms with Gasteiger partial charge in [0.25, 0.3) is 0 Å². The number of likely N-dealkylation sites (tertiary alicyclic amines) is 1. The SMILES string of the molecule is C#CCOc1cc2nc(N3CCCC3)nc(N[C@@H]3CCCN(C(=O)OC(C)(C)C)C3)c2cc1C. The van der Waals surface area contributed by atoms with Gasteiger partial charge in [-0.2, -0.15) is 4.98 Å². The molecule has 0 aliphatic carbocycles. The number of hydrogen-bond donors (Lipinski definition) is 1. The summed E-state index contributed by atoms with van der Waals surface area (Å²) in [4.78, 5) is 26.4. The van der Waals surface area contributed by atoms with E-state index in [1.54, 1.807) is 4.90 Å². The summed E-state index contributed by atoms with van der Waals surface area (Å²) < 4.78 is 11.3. The van der Waals surface area contributed by atoms with Crippen LogP contribution in [0.5, 0.6) is 5.75 Å². The summed E-state index contributed by atoms with van der Waals surface area (Å²) in [5, 5.41) is 4.56. The largest absolute Gasteiger partial charge is 0.481 e. The van der Waals surface area contributed by atoms with Crippen LogP contribution in [-0.4, -0.2) is 65.4 Å². The quantitative estimate of drug-likeness (QED) is 0.657. The van der Waals surface area contributed by atoms with E-state index in [2.05, 4.69) is 16.1 Å². The summed E-state index contributed by atoms with van der Waals surface area (Å²) in [6.45, 7) is 11.1. The number of piperidine rings is 1. The van der Waals surface area contributed by atoms with Crippen LogP contribution in [0.4, 0.5) is 16.6 Å². The molecule has 2 aromatic rings. The van der Waals surface area contributed by atoms with Gasteiger partial charge in [-0.1, -0.05) is 5.92 Å². The Hall–Kier alpha value is -3.21. The van der Waals surface area contributed by atoms with Gasteiger partial charge in [-0.05, 0) is 65.0 Å². The van der Waals surface area contributed by atoms with Crippen molar-refractivity contribution >= 4 is 28.8 Å². The summed E-state index contributed by atoms with van der Waals surface area (Å²) >= 11 is 0. The van der Waals surface area contributed by atoms with Crippen molar-refractivity contribution in [3.05, 3.63) is 17.7 Å². The summed E-state index contributed by atoms with van der Waals surface area (Å²) in [6, 6.07) is 4.07. The van der Waals surface area contributed by atoms with Gasteiger partial charge in [0.1, 0.15) is 23.8 Å². The number of nitrogens with one attached hydrogen (secondary N) is 1. The van der Waals surface area contributed by atoms with Crippen molar-refractivity contribution in [3.63, 3.8) is 0 Å². The number of anilines is 2. The number of amides is 1. The first-order valence-electron chi connectivity index (χ1n) is 12.1. The number of carbonyl (C=O) groups excluding carboxylic acids is 1. The van der Waals surface area contributed by atoms with Gasteiger partial charge in [0, 0.05) is 43.7 Å². The smallest absolute Gasteiger partial charge is 0.410 e. The van der Waals surface area contributed by atoms with Gasteiger partial charge in [-0.25, -0.2) is 9.78 Å². The second-order valence-electron chi connectivity index (χ2n) is 10.1. The highest BCUT2D eigenvalue weighted by Gasteiger charge is 2.28. The van der Waals surface area contributed by atoms with Crippen molar-refractivity contribution in [2.75, 3.05) is 43.0 Å². The summed E-state index contributed by atoms with van der Waals surface area (Å²) in [5.41, 5.74) is 1.28. The fourth-order valence-corrected chi connectivity index (χ4v) is 4.48. The van der Waals surface area contributed by atoms with E-state index in [0.717, 1.165) is 72.8 Å². The highest BCUT2D eigenvalue weighted by molar-refractivity contribution is 5.92. The van der Waals surface area contributed by atoms with Crippen LogP contribution >= 0.6 is 0 Å². The number of hydrogen-bond acceptors (Lipinski definition) is 7. The highest BCUT2D eigenvalue weighted by Crippen LogP contribution is 2.32. The van der Waals surface area contributed by atoms with E-state index in [-0.39, 0.29) is 18.7 Å². The van der Waals surface area contributed by atoms with Gasteiger partial charge in [0.05, 0.1) is 5.52 Å². The number of ether oxygens (including phenoxy) is 2. The Morgan fingerprint density at radius 1 is 1.21 bits per heavy atom. The van der Waals surface area contributed by atoms with Crippen molar-refractivity contribution in [2.24, 2.45) is 0 Å². The molecule has 2 fully saturated rings. The Bertz CT molecular complexity index is 1080. The predicted octanol–water partition coefficient (Wildman–Crippen LogP) is 4.36. The van der Waals surface area contributed by atoms with Crippen LogP contribution in [0.25, 0.3) is 10.9 Å². The lowest BCUT2D eigenvalue weighted by atomic mass is 10.1. The van der Waals surface area contributed by atoms with Gasteiger partial charge < -0.3 is 24.6 Å². The minimum atomic E-state index is -0.512. The standard InChI is InChI=1S/C26H35N5O3/c1-6-14-33-22-16-21-20(15-18(22)2)23(29-24(28-21)30-11-7-8-12-30)27-19-10-9-13-31(17-19)25(32)34-26(3,4)5/h1,15-16,19H,7-14,17H2,2-5H3,(H,27,28,29)/t19-/m1/s1. The molecule has 0 unspecified atom stereocenters. The maximum atomic E-state index is 12.6. The third-order valence-corrected chi connectivity index (χ3v) is 6.09. The van der Waals surface area contributed by atoms with Crippen molar-refractivity contribution in [1.29, 1.82) is 0 Å². The van der Waals surface area contributed by atoms with E-state index in [9.17, 15) is 4.79 Å². The summed E-state index contributed by atoms with van der Waals surface area (Å²) in [7, 11) is 0.